The van der Waals surface area contributed by atoms with Crippen molar-refractivity contribution in [1.29, 1.82) is 0 Å². The van der Waals surface area contributed by atoms with Gasteiger partial charge < -0.3 is 10.1 Å². The fraction of sp³-hybridized carbons (Fsp3) is 1.00. The number of hydrogen-bond acceptors (Lipinski definition) is 2. The van der Waals surface area contributed by atoms with E-state index in [-0.39, 0.29) is 0 Å². The molecule has 0 heterocycles. The van der Waals surface area contributed by atoms with E-state index in [9.17, 15) is 0 Å². The van der Waals surface area contributed by atoms with Crippen molar-refractivity contribution in [2.45, 2.75) is 65.0 Å². The molecule has 96 valence electrons. The molecule has 0 aromatic heterocycles. The highest BCUT2D eigenvalue weighted by Gasteiger charge is 2.32. The van der Waals surface area contributed by atoms with Crippen molar-refractivity contribution in [2.75, 3.05) is 13.7 Å². The zero-order chi connectivity index (χ0) is 12.0. The summed E-state index contributed by atoms with van der Waals surface area (Å²) in [5.74, 6) is 1.43. The number of nitrogens with one attached hydrogen (secondary N) is 1. The standard InChI is InChI=1S/C14H29NO/c1-5-10-15-13(12-8-6-7-9-12)14(16-4)11(2)3/h11-15H,5-10H2,1-4H3. The average Bonchev–Trinajstić information content (AvgIpc) is 2.76. The molecule has 1 saturated carbocycles. The van der Waals surface area contributed by atoms with E-state index in [4.69, 9.17) is 4.74 Å². The fourth-order valence-corrected chi connectivity index (χ4v) is 3.01. The summed E-state index contributed by atoms with van der Waals surface area (Å²) in [7, 11) is 1.86. The third-order valence-corrected chi connectivity index (χ3v) is 3.82. The van der Waals surface area contributed by atoms with E-state index in [1.807, 2.05) is 7.11 Å². The molecule has 2 atom stereocenters. The van der Waals surface area contributed by atoms with E-state index in [0.29, 0.717) is 18.1 Å². The first-order valence-electron chi connectivity index (χ1n) is 6.96. The minimum absolute atomic E-state index is 0.370. The van der Waals surface area contributed by atoms with Gasteiger partial charge in [-0.05, 0) is 37.6 Å². The number of ether oxygens (including phenoxy) is 1. The van der Waals surface area contributed by atoms with Crippen molar-refractivity contribution in [3.05, 3.63) is 0 Å². The number of rotatable bonds is 7. The van der Waals surface area contributed by atoms with Gasteiger partial charge in [0.15, 0.2) is 0 Å². The summed E-state index contributed by atoms with van der Waals surface area (Å²) in [4.78, 5) is 0. The molecule has 0 amide bonds. The summed E-state index contributed by atoms with van der Waals surface area (Å²) in [6.07, 6.45) is 7.15. The van der Waals surface area contributed by atoms with Crippen LogP contribution in [0.1, 0.15) is 52.9 Å². The molecule has 0 bridgehead atoms. The summed E-state index contributed by atoms with van der Waals surface area (Å²) in [5, 5.41) is 3.72. The van der Waals surface area contributed by atoms with Gasteiger partial charge in [0.05, 0.1) is 6.10 Å². The molecule has 0 radical (unpaired) electrons. The van der Waals surface area contributed by atoms with Crippen molar-refractivity contribution >= 4 is 0 Å². The maximum absolute atomic E-state index is 5.72. The molecule has 2 nitrogen and oxygen atoms in total. The second kappa shape index (κ2) is 7.29. The number of hydrogen-bond donors (Lipinski definition) is 1. The van der Waals surface area contributed by atoms with Crippen molar-refractivity contribution < 1.29 is 4.74 Å². The summed E-state index contributed by atoms with van der Waals surface area (Å²) in [5.41, 5.74) is 0. The average molecular weight is 227 g/mol. The van der Waals surface area contributed by atoms with Gasteiger partial charge in [-0.2, -0.15) is 0 Å². The van der Waals surface area contributed by atoms with Gasteiger partial charge in [-0.25, -0.2) is 0 Å². The second-order valence-corrected chi connectivity index (χ2v) is 5.47. The highest BCUT2D eigenvalue weighted by Crippen LogP contribution is 2.31. The lowest BCUT2D eigenvalue weighted by Gasteiger charge is -2.34. The Kier molecular flexibility index (Phi) is 6.37. The normalized spacial score (nSPS) is 21.6. The first kappa shape index (κ1) is 14.0. The van der Waals surface area contributed by atoms with E-state index in [0.717, 1.165) is 12.5 Å². The van der Waals surface area contributed by atoms with E-state index in [1.165, 1.54) is 32.1 Å². The highest BCUT2D eigenvalue weighted by atomic mass is 16.5. The van der Waals surface area contributed by atoms with Gasteiger partial charge in [-0.15, -0.1) is 0 Å². The molecular weight excluding hydrogens is 198 g/mol. The Balaban J connectivity index is 2.59. The quantitative estimate of drug-likeness (QED) is 0.721. The fourth-order valence-electron chi connectivity index (χ4n) is 3.01. The lowest BCUT2D eigenvalue weighted by atomic mass is 9.87. The van der Waals surface area contributed by atoms with Crippen LogP contribution in [0.5, 0.6) is 0 Å². The van der Waals surface area contributed by atoms with Crippen molar-refractivity contribution in [3.8, 4) is 0 Å². The van der Waals surface area contributed by atoms with Crippen LogP contribution >= 0.6 is 0 Å². The van der Waals surface area contributed by atoms with Gasteiger partial charge in [0, 0.05) is 13.2 Å². The molecule has 1 rings (SSSR count). The van der Waals surface area contributed by atoms with Crippen LogP contribution in [0, 0.1) is 11.8 Å². The lowest BCUT2D eigenvalue weighted by Crippen LogP contribution is -2.48. The van der Waals surface area contributed by atoms with Gasteiger partial charge in [0.2, 0.25) is 0 Å². The first-order valence-corrected chi connectivity index (χ1v) is 6.96. The number of methoxy groups -OCH3 is 1. The summed E-state index contributed by atoms with van der Waals surface area (Å²) in [6, 6.07) is 0.562. The van der Waals surface area contributed by atoms with E-state index < -0.39 is 0 Å². The van der Waals surface area contributed by atoms with Gasteiger partial charge >= 0.3 is 0 Å². The summed E-state index contributed by atoms with van der Waals surface area (Å²) < 4.78 is 5.72. The zero-order valence-corrected chi connectivity index (χ0v) is 11.5. The minimum atomic E-state index is 0.370. The predicted molar refractivity (Wildman–Crippen MR) is 69.7 cm³/mol. The minimum Gasteiger partial charge on any atom is -0.380 e. The predicted octanol–water partition coefficient (Wildman–Crippen LogP) is 3.22. The van der Waals surface area contributed by atoms with Gasteiger partial charge in [-0.1, -0.05) is 33.6 Å². The highest BCUT2D eigenvalue weighted by molar-refractivity contribution is 4.88. The van der Waals surface area contributed by atoms with Crippen LogP contribution in [0.3, 0.4) is 0 Å². The Labute approximate surface area is 101 Å². The first-order chi connectivity index (χ1) is 7.70. The zero-order valence-electron chi connectivity index (χ0n) is 11.5. The van der Waals surface area contributed by atoms with Crippen LogP contribution in [-0.4, -0.2) is 25.8 Å². The Morgan fingerprint density at radius 1 is 1.25 bits per heavy atom. The van der Waals surface area contributed by atoms with E-state index in [2.05, 4.69) is 26.1 Å². The second-order valence-electron chi connectivity index (χ2n) is 5.47. The molecule has 0 aliphatic heterocycles. The molecule has 0 aromatic carbocycles. The van der Waals surface area contributed by atoms with Gasteiger partial charge in [0.1, 0.15) is 0 Å². The van der Waals surface area contributed by atoms with E-state index >= 15 is 0 Å². The maximum atomic E-state index is 5.72. The van der Waals surface area contributed by atoms with Crippen LogP contribution in [0.25, 0.3) is 0 Å². The third kappa shape index (κ3) is 3.74. The molecule has 16 heavy (non-hydrogen) atoms. The molecule has 0 aromatic rings. The lowest BCUT2D eigenvalue weighted by molar-refractivity contribution is 0.0154. The molecule has 0 saturated heterocycles. The maximum Gasteiger partial charge on any atom is 0.0749 e. The van der Waals surface area contributed by atoms with Crippen LogP contribution in [0.2, 0.25) is 0 Å². The monoisotopic (exact) mass is 227 g/mol. The van der Waals surface area contributed by atoms with Crippen LogP contribution < -0.4 is 5.32 Å². The summed E-state index contributed by atoms with van der Waals surface area (Å²) >= 11 is 0. The van der Waals surface area contributed by atoms with Crippen LogP contribution in [0.4, 0.5) is 0 Å². The SMILES string of the molecule is CCCNC(C1CCCC1)C(OC)C(C)C. The molecule has 2 heteroatoms. The largest absolute Gasteiger partial charge is 0.380 e. The Hall–Kier alpha value is -0.0800. The van der Waals surface area contributed by atoms with Crippen LogP contribution in [0.15, 0.2) is 0 Å². The molecule has 2 unspecified atom stereocenters. The van der Waals surface area contributed by atoms with Gasteiger partial charge in [0.25, 0.3) is 0 Å². The summed E-state index contributed by atoms with van der Waals surface area (Å²) in [6.45, 7) is 7.89. The molecule has 0 spiro atoms. The third-order valence-electron chi connectivity index (χ3n) is 3.82. The van der Waals surface area contributed by atoms with Crippen LogP contribution in [-0.2, 0) is 4.74 Å². The van der Waals surface area contributed by atoms with Crippen molar-refractivity contribution in [2.24, 2.45) is 11.8 Å². The topological polar surface area (TPSA) is 21.3 Å². The van der Waals surface area contributed by atoms with E-state index in [1.54, 1.807) is 0 Å². The smallest absolute Gasteiger partial charge is 0.0749 e. The van der Waals surface area contributed by atoms with Gasteiger partial charge in [-0.3, -0.25) is 0 Å². The molecule has 1 aliphatic carbocycles. The Morgan fingerprint density at radius 2 is 1.88 bits per heavy atom. The van der Waals surface area contributed by atoms with Crippen molar-refractivity contribution in [3.63, 3.8) is 0 Å². The molecule has 1 N–H and O–H groups in total. The Bertz CT molecular complexity index is 176. The Morgan fingerprint density at radius 3 is 2.31 bits per heavy atom. The molecular formula is C14H29NO. The molecule has 1 aliphatic rings. The van der Waals surface area contributed by atoms with Crippen molar-refractivity contribution in [1.82, 2.24) is 5.32 Å². The molecule has 1 fully saturated rings.